The number of aryl methyl sites for hydroxylation is 2. The first-order chi connectivity index (χ1) is 12.6. The fourth-order valence-electron chi connectivity index (χ4n) is 2.72. The summed E-state index contributed by atoms with van der Waals surface area (Å²) in [6.45, 7) is 1.70. The predicted molar refractivity (Wildman–Crippen MR) is 103 cm³/mol. The number of sulfone groups is 1. The molecule has 0 aliphatic rings. The van der Waals surface area contributed by atoms with Crippen LogP contribution in [-0.2, 0) is 16.9 Å². The second-order valence-electron chi connectivity index (χ2n) is 6.35. The van der Waals surface area contributed by atoms with E-state index in [9.17, 15) is 18.3 Å². The van der Waals surface area contributed by atoms with Gasteiger partial charge in [-0.2, -0.15) is 0 Å². The van der Waals surface area contributed by atoms with Gasteiger partial charge in [0.15, 0.2) is 9.84 Å². The van der Waals surface area contributed by atoms with Gasteiger partial charge in [-0.25, -0.2) is 8.42 Å². The fourth-order valence-corrected chi connectivity index (χ4v) is 3.37. The maximum absolute atomic E-state index is 12.0. The van der Waals surface area contributed by atoms with Gasteiger partial charge in [0.25, 0.3) is 5.56 Å². The molecule has 0 spiro atoms. The number of ether oxygens (including phenoxy) is 1. The summed E-state index contributed by atoms with van der Waals surface area (Å²) in [5.41, 5.74) is 1.62. The van der Waals surface area contributed by atoms with Crippen molar-refractivity contribution in [1.82, 2.24) is 4.57 Å². The number of hydrogen-bond donors (Lipinski definition) is 1. The van der Waals surface area contributed by atoms with Gasteiger partial charge in [-0.1, -0.05) is 0 Å². The lowest BCUT2D eigenvalue weighted by Crippen LogP contribution is -2.18. The topological polar surface area (TPSA) is 85.6 Å². The molecular formula is C20H19NO5S. The van der Waals surface area contributed by atoms with Gasteiger partial charge in [0.05, 0.1) is 4.90 Å². The highest BCUT2D eigenvalue weighted by molar-refractivity contribution is 7.90. The summed E-state index contributed by atoms with van der Waals surface area (Å²) in [4.78, 5) is 12.2. The van der Waals surface area contributed by atoms with Crippen LogP contribution in [0.25, 0.3) is 11.1 Å². The quantitative estimate of drug-likeness (QED) is 0.745. The monoisotopic (exact) mass is 385 g/mol. The number of nitrogens with zero attached hydrogens (tertiary/aromatic N) is 1. The van der Waals surface area contributed by atoms with E-state index in [1.165, 1.54) is 28.8 Å². The predicted octanol–water partition coefficient (Wildman–Crippen LogP) is 3.26. The number of phenolic OH excluding ortho intramolecular Hbond substituents is 1. The number of benzene rings is 2. The van der Waals surface area contributed by atoms with Crippen molar-refractivity contribution in [3.8, 4) is 28.4 Å². The third kappa shape index (κ3) is 4.03. The highest BCUT2D eigenvalue weighted by Gasteiger charge is 2.15. The second-order valence-corrected chi connectivity index (χ2v) is 8.37. The van der Waals surface area contributed by atoms with E-state index < -0.39 is 9.84 Å². The van der Waals surface area contributed by atoms with Gasteiger partial charge in [0.1, 0.15) is 17.2 Å². The summed E-state index contributed by atoms with van der Waals surface area (Å²) in [5, 5.41) is 9.41. The normalized spacial score (nSPS) is 11.4. The first-order valence-electron chi connectivity index (χ1n) is 8.14. The minimum Gasteiger partial charge on any atom is -0.508 e. The molecule has 1 heterocycles. The summed E-state index contributed by atoms with van der Waals surface area (Å²) >= 11 is 0. The summed E-state index contributed by atoms with van der Waals surface area (Å²) < 4.78 is 31.3. The van der Waals surface area contributed by atoms with E-state index in [0.29, 0.717) is 28.2 Å². The lowest BCUT2D eigenvalue weighted by Gasteiger charge is -2.14. The average Bonchev–Trinajstić information content (AvgIpc) is 2.60. The highest BCUT2D eigenvalue weighted by Crippen LogP contribution is 2.35. The molecule has 0 saturated carbocycles. The summed E-state index contributed by atoms with van der Waals surface area (Å²) in [7, 11) is -1.78. The van der Waals surface area contributed by atoms with Crippen molar-refractivity contribution in [3.05, 3.63) is 70.6 Å². The van der Waals surface area contributed by atoms with Crippen molar-refractivity contribution in [2.45, 2.75) is 11.8 Å². The van der Waals surface area contributed by atoms with E-state index in [1.54, 1.807) is 44.4 Å². The highest BCUT2D eigenvalue weighted by atomic mass is 32.2. The van der Waals surface area contributed by atoms with Gasteiger partial charge in [0.2, 0.25) is 0 Å². The van der Waals surface area contributed by atoms with Crippen LogP contribution < -0.4 is 10.3 Å². The maximum atomic E-state index is 12.0. The molecule has 2 aromatic carbocycles. The van der Waals surface area contributed by atoms with Crippen LogP contribution in [-0.4, -0.2) is 24.3 Å². The maximum Gasteiger partial charge on any atom is 0.253 e. The Labute approximate surface area is 157 Å². The minimum absolute atomic E-state index is 0.115. The zero-order valence-electron chi connectivity index (χ0n) is 15.1. The Morgan fingerprint density at radius 2 is 1.70 bits per heavy atom. The molecule has 0 fully saturated rings. The summed E-state index contributed by atoms with van der Waals surface area (Å²) in [6.07, 6.45) is 2.78. The van der Waals surface area contributed by atoms with E-state index in [4.69, 9.17) is 4.74 Å². The third-order valence-corrected chi connectivity index (χ3v) is 5.23. The molecule has 7 heteroatoms. The van der Waals surface area contributed by atoms with Crippen LogP contribution in [0.15, 0.2) is 64.4 Å². The smallest absolute Gasteiger partial charge is 0.253 e. The van der Waals surface area contributed by atoms with Crippen LogP contribution in [0.4, 0.5) is 0 Å². The fraction of sp³-hybridized carbons (Fsp3) is 0.150. The van der Waals surface area contributed by atoms with E-state index in [2.05, 4.69) is 0 Å². The molecule has 1 aromatic heterocycles. The van der Waals surface area contributed by atoms with Crippen LogP contribution in [0.1, 0.15) is 5.56 Å². The Kier molecular flexibility index (Phi) is 4.80. The lowest BCUT2D eigenvalue weighted by atomic mass is 10.0. The minimum atomic E-state index is -3.41. The molecule has 0 radical (unpaired) electrons. The Morgan fingerprint density at radius 3 is 2.30 bits per heavy atom. The molecule has 3 aromatic rings. The van der Waals surface area contributed by atoms with Crippen LogP contribution >= 0.6 is 0 Å². The second kappa shape index (κ2) is 6.92. The van der Waals surface area contributed by atoms with Crippen LogP contribution in [0, 0.1) is 6.92 Å². The molecule has 0 bridgehead atoms. The van der Waals surface area contributed by atoms with Crippen molar-refractivity contribution < 1.29 is 18.3 Å². The van der Waals surface area contributed by atoms with Gasteiger partial charge in [-0.05, 0) is 55.5 Å². The molecule has 0 saturated heterocycles. The van der Waals surface area contributed by atoms with Crippen LogP contribution in [0.2, 0.25) is 0 Å². The summed E-state index contributed by atoms with van der Waals surface area (Å²) in [6, 6.07) is 12.5. The molecule has 0 aliphatic carbocycles. The van der Waals surface area contributed by atoms with E-state index in [1.807, 2.05) is 0 Å². The van der Waals surface area contributed by atoms with Crippen LogP contribution in [0.5, 0.6) is 17.2 Å². The molecule has 6 nitrogen and oxygen atoms in total. The number of aromatic hydroxyl groups is 1. The zero-order valence-corrected chi connectivity index (χ0v) is 15.9. The first-order valence-corrected chi connectivity index (χ1v) is 10.0. The first kappa shape index (κ1) is 18.7. The largest absolute Gasteiger partial charge is 0.508 e. The van der Waals surface area contributed by atoms with Crippen molar-refractivity contribution in [2.75, 3.05) is 6.26 Å². The van der Waals surface area contributed by atoms with Gasteiger partial charge >= 0.3 is 0 Å². The van der Waals surface area contributed by atoms with Gasteiger partial charge in [-0.3, -0.25) is 4.79 Å². The van der Waals surface area contributed by atoms with Crippen molar-refractivity contribution in [2.24, 2.45) is 7.05 Å². The standard InChI is InChI=1S/C20H19NO5S/c1-13-10-14(12-21(2)20(13)23)18-11-17(27(3,24)25)8-9-19(18)26-16-6-4-15(22)5-7-16/h4-12,22H,1-3H3. The van der Waals surface area contributed by atoms with E-state index in [0.717, 1.165) is 6.26 Å². The van der Waals surface area contributed by atoms with Gasteiger partial charge < -0.3 is 14.4 Å². The zero-order chi connectivity index (χ0) is 19.8. The van der Waals surface area contributed by atoms with Crippen molar-refractivity contribution >= 4 is 9.84 Å². The third-order valence-electron chi connectivity index (χ3n) is 4.12. The molecule has 0 unspecified atom stereocenters. The number of aromatic nitrogens is 1. The van der Waals surface area contributed by atoms with Gasteiger partial charge in [0, 0.05) is 36.2 Å². The summed E-state index contributed by atoms with van der Waals surface area (Å²) in [5.74, 6) is 1.04. The van der Waals surface area contributed by atoms with Gasteiger partial charge in [-0.15, -0.1) is 0 Å². The number of phenols is 1. The molecule has 1 N–H and O–H groups in total. The molecule has 0 amide bonds. The van der Waals surface area contributed by atoms with Crippen molar-refractivity contribution in [1.29, 1.82) is 0 Å². The molecular weight excluding hydrogens is 366 g/mol. The lowest BCUT2D eigenvalue weighted by molar-refractivity contribution is 0.465. The Morgan fingerprint density at radius 1 is 1.04 bits per heavy atom. The van der Waals surface area contributed by atoms with Crippen LogP contribution in [0.3, 0.4) is 0 Å². The number of rotatable bonds is 4. The molecule has 0 atom stereocenters. The van der Waals surface area contributed by atoms with E-state index in [-0.39, 0.29) is 16.2 Å². The molecule has 0 aliphatic heterocycles. The van der Waals surface area contributed by atoms with E-state index >= 15 is 0 Å². The number of pyridine rings is 1. The number of hydrogen-bond acceptors (Lipinski definition) is 5. The molecule has 27 heavy (non-hydrogen) atoms. The Bertz CT molecular complexity index is 1140. The molecule has 3 rings (SSSR count). The SMILES string of the molecule is Cc1cc(-c2cc(S(C)(=O)=O)ccc2Oc2ccc(O)cc2)cn(C)c1=O. The van der Waals surface area contributed by atoms with Crippen molar-refractivity contribution in [3.63, 3.8) is 0 Å². The Balaban J connectivity index is 2.19. The molecule has 140 valence electrons. The average molecular weight is 385 g/mol. The Hall–Kier alpha value is -3.06.